The molecule has 2 nitrogen and oxygen atoms in total. The summed E-state index contributed by atoms with van der Waals surface area (Å²) in [4.78, 5) is 0. The van der Waals surface area contributed by atoms with Crippen molar-refractivity contribution in [2.45, 2.75) is 6.29 Å². The SMILES string of the molecule is Fc1c(I)ccc(C2OC=CO2)c1F. The molecule has 0 N–H and O–H groups in total. The number of halogens is 3. The van der Waals surface area contributed by atoms with Crippen LogP contribution in [-0.2, 0) is 9.47 Å². The average molecular weight is 310 g/mol. The second-order valence-corrected chi connectivity index (χ2v) is 3.80. The lowest BCUT2D eigenvalue weighted by atomic mass is 10.2. The first kappa shape index (κ1) is 9.70. The van der Waals surface area contributed by atoms with Crippen molar-refractivity contribution in [3.8, 4) is 0 Å². The fourth-order valence-corrected chi connectivity index (χ4v) is 1.52. The van der Waals surface area contributed by atoms with Gasteiger partial charge in [0.1, 0.15) is 12.5 Å². The van der Waals surface area contributed by atoms with Crippen molar-refractivity contribution in [1.29, 1.82) is 0 Å². The Bertz CT molecular complexity index is 385. The normalized spacial score (nSPS) is 15.4. The Morgan fingerprint density at radius 1 is 1.07 bits per heavy atom. The van der Waals surface area contributed by atoms with E-state index in [2.05, 4.69) is 0 Å². The number of ether oxygens (including phenoxy) is 2. The molecular formula is C9H5F2IO2. The summed E-state index contributed by atoms with van der Waals surface area (Å²) in [5.41, 5.74) is 0.0629. The van der Waals surface area contributed by atoms with Gasteiger partial charge in [0, 0.05) is 0 Å². The standard InChI is InChI=1S/C9H5F2IO2/c10-7-5(9-13-3-4-14-9)1-2-6(12)8(7)11/h1-4,9H. The van der Waals surface area contributed by atoms with Crippen LogP contribution in [0.1, 0.15) is 11.9 Å². The lowest BCUT2D eigenvalue weighted by Crippen LogP contribution is -2.04. The molecule has 0 amide bonds. The van der Waals surface area contributed by atoms with Gasteiger partial charge in [0.2, 0.25) is 0 Å². The summed E-state index contributed by atoms with van der Waals surface area (Å²) in [6, 6.07) is 2.91. The molecular weight excluding hydrogens is 305 g/mol. The van der Waals surface area contributed by atoms with Crippen molar-refractivity contribution in [1.82, 2.24) is 0 Å². The van der Waals surface area contributed by atoms with Crippen molar-refractivity contribution in [3.05, 3.63) is 45.4 Å². The summed E-state index contributed by atoms with van der Waals surface area (Å²) in [6.45, 7) is 0. The third-order valence-electron chi connectivity index (χ3n) is 1.78. The highest BCUT2D eigenvalue weighted by atomic mass is 127. The maximum atomic E-state index is 13.3. The van der Waals surface area contributed by atoms with E-state index < -0.39 is 17.9 Å². The van der Waals surface area contributed by atoms with Crippen LogP contribution in [0.4, 0.5) is 8.78 Å². The first-order chi connectivity index (χ1) is 6.70. The van der Waals surface area contributed by atoms with E-state index in [0.717, 1.165) is 0 Å². The zero-order valence-corrected chi connectivity index (χ0v) is 8.99. The smallest absolute Gasteiger partial charge is 0.269 e. The molecule has 0 radical (unpaired) electrons. The molecule has 0 saturated carbocycles. The second-order valence-electron chi connectivity index (χ2n) is 2.64. The Morgan fingerprint density at radius 2 is 1.71 bits per heavy atom. The quantitative estimate of drug-likeness (QED) is 0.586. The molecule has 1 aliphatic rings. The van der Waals surface area contributed by atoms with E-state index in [1.165, 1.54) is 24.7 Å². The number of rotatable bonds is 1. The van der Waals surface area contributed by atoms with Gasteiger partial charge >= 0.3 is 0 Å². The summed E-state index contributed by atoms with van der Waals surface area (Å²) in [7, 11) is 0. The zero-order valence-electron chi connectivity index (χ0n) is 6.84. The number of hydrogen-bond donors (Lipinski definition) is 0. The summed E-state index contributed by atoms with van der Waals surface area (Å²) < 4.78 is 36.5. The van der Waals surface area contributed by atoms with E-state index in [0.29, 0.717) is 0 Å². The summed E-state index contributed by atoms with van der Waals surface area (Å²) >= 11 is 1.72. The molecule has 14 heavy (non-hydrogen) atoms. The van der Waals surface area contributed by atoms with Crippen LogP contribution >= 0.6 is 22.6 Å². The molecule has 1 aromatic rings. The van der Waals surface area contributed by atoms with Gasteiger partial charge in [-0.05, 0) is 34.7 Å². The molecule has 0 unspecified atom stereocenters. The minimum atomic E-state index is -0.925. The van der Waals surface area contributed by atoms with Crippen molar-refractivity contribution in [2.24, 2.45) is 0 Å². The van der Waals surface area contributed by atoms with Gasteiger partial charge in [0.15, 0.2) is 11.6 Å². The topological polar surface area (TPSA) is 18.5 Å². The van der Waals surface area contributed by atoms with Gasteiger partial charge in [-0.2, -0.15) is 0 Å². The molecule has 0 aliphatic carbocycles. The fourth-order valence-electron chi connectivity index (χ4n) is 1.11. The largest absolute Gasteiger partial charge is 0.455 e. The highest BCUT2D eigenvalue weighted by Crippen LogP contribution is 2.28. The highest BCUT2D eigenvalue weighted by Gasteiger charge is 2.23. The minimum Gasteiger partial charge on any atom is -0.455 e. The first-order valence-electron chi connectivity index (χ1n) is 3.79. The molecule has 1 aromatic carbocycles. The van der Waals surface area contributed by atoms with E-state index in [1.807, 2.05) is 0 Å². The average Bonchev–Trinajstić information content (AvgIpc) is 2.67. The fraction of sp³-hybridized carbons (Fsp3) is 0.111. The van der Waals surface area contributed by atoms with Crippen molar-refractivity contribution in [2.75, 3.05) is 0 Å². The van der Waals surface area contributed by atoms with Gasteiger partial charge in [0.05, 0.1) is 9.13 Å². The second kappa shape index (κ2) is 3.72. The maximum Gasteiger partial charge on any atom is 0.269 e. The summed E-state index contributed by atoms with van der Waals surface area (Å²) in [5, 5.41) is 0. The first-order valence-corrected chi connectivity index (χ1v) is 4.87. The lowest BCUT2D eigenvalue weighted by Gasteiger charge is -2.11. The highest BCUT2D eigenvalue weighted by molar-refractivity contribution is 14.1. The van der Waals surface area contributed by atoms with Crippen molar-refractivity contribution in [3.63, 3.8) is 0 Å². The Kier molecular flexibility index (Phi) is 2.58. The molecule has 1 heterocycles. The predicted molar refractivity (Wildman–Crippen MR) is 53.1 cm³/mol. The monoisotopic (exact) mass is 310 g/mol. The van der Waals surface area contributed by atoms with E-state index in [1.54, 1.807) is 22.6 Å². The third kappa shape index (κ3) is 1.56. The molecule has 0 fully saturated rings. The third-order valence-corrected chi connectivity index (χ3v) is 2.61. The molecule has 0 atom stereocenters. The van der Waals surface area contributed by atoms with Crippen LogP contribution in [0.25, 0.3) is 0 Å². The maximum absolute atomic E-state index is 13.3. The van der Waals surface area contributed by atoms with E-state index in [-0.39, 0.29) is 9.13 Å². The molecule has 0 aromatic heterocycles. The number of benzene rings is 1. The van der Waals surface area contributed by atoms with Crippen molar-refractivity contribution < 1.29 is 18.3 Å². The van der Waals surface area contributed by atoms with Crippen LogP contribution < -0.4 is 0 Å². The van der Waals surface area contributed by atoms with Gasteiger partial charge < -0.3 is 9.47 Å². The van der Waals surface area contributed by atoms with Gasteiger partial charge in [0.25, 0.3) is 6.29 Å². The number of hydrogen-bond acceptors (Lipinski definition) is 2. The van der Waals surface area contributed by atoms with E-state index in [9.17, 15) is 8.78 Å². The van der Waals surface area contributed by atoms with Crippen LogP contribution in [0.5, 0.6) is 0 Å². The van der Waals surface area contributed by atoms with Gasteiger partial charge in [-0.1, -0.05) is 0 Å². The minimum absolute atomic E-state index is 0.0629. The van der Waals surface area contributed by atoms with E-state index in [4.69, 9.17) is 9.47 Å². The van der Waals surface area contributed by atoms with E-state index >= 15 is 0 Å². The van der Waals surface area contributed by atoms with Crippen LogP contribution in [0.2, 0.25) is 0 Å². The van der Waals surface area contributed by atoms with Gasteiger partial charge in [-0.15, -0.1) is 0 Å². The van der Waals surface area contributed by atoms with Gasteiger partial charge in [-0.25, -0.2) is 8.78 Å². The Labute approximate surface area is 92.7 Å². The Morgan fingerprint density at radius 3 is 2.36 bits per heavy atom. The molecule has 0 spiro atoms. The summed E-state index contributed by atoms with van der Waals surface area (Å²) in [6.07, 6.45) is 1.71. The Hall–Kier alpha value is -0.850. The van der Waals surface area contributed by atoms with Crippen molar-refractivity contribution >= 4 is 22.6 Å². The zero-order chi connectivity index (χ0) is 10.1. The van der Waals surface area contributed by atoms with Crippen LogP contribution in [0.15, 0.2) is 24.7 Å². The van der Waals surface area contributed by atoms with Crippen LogP contribution in [0.3, 0.4) is 0 Å². The van der Waals surface area contributed by atoms with Gasteiger partial charge in [-0.3, -0.25) is 0 Å². The van der Waals surface area contributed by atoms with Crippen LogP contribution in [-0.4, -0.2) is 0 Å². The molecule has 74 valence electrons. The molecule has 0 saturated heterocycles. The lowest BCUT2D eigenvalue weighted by molar-refractivity contribution is -0.0275. The Balaban J connectivity index is 2.39. The summed E-state index contributed by atoms with van der Waals surface area (Å²) in [5.74, 6) is -1.80. The molecule has 1 aliphatic heterocycles. The molecule has 2 rings (SSSR count). The predicted octanol–water partition coefficient (Wildman–Crippen LogP) is 3.09. The van der Waals surface area contributed by atoms with Crippen LogP contribution in [0, 0.1) is 15.2 Å². The molecule has 0 bridgehead atoms. The molecule has 5 heteroatoms.